The van der Waals surface area contributed by atoms with Gasteiger partial charge in [-0.05, 0) is 25.2 Å². The first kappa shape index (κ1) is 13.4. The molecule has 1 amide bonds. The molecule has 0 radical (unpaired) electrons. The molecule has 2 N–H and O–H groups in total. The number of nitrogens with two attached hydrogens (primary N) is 1. The number of fused-ring (bicyclic) bond motifs is 1. The van der Waals surface area contributed by atoms with Crippen molar-refractivity contribution >= 4 is 33.1 Å². The lowest BCUT2D eigenvalue weighted by molar-refractivity contribution is 0.0793. The third kappa shape index (κ3) is 1.98. The van der Waals surface area contributed by atoms with E-state index in [1.807, 2.05) is 21.0 Å². The van der Waals surface area contributed by atoms with Crippen molar-refractivity contribution in [1.29, 1.82) is 0 Å². The smallest absolute Gasteiger partial charge is 0.265 e. The Morgan fingerprint density at radius 3 is 2.80 bits per heavy atom. The molecule has 20 heavy (non-hydrogen) atoms. The van der Waals surface area contributed by atoms with E-state index in [1.54, 1.807) is 9.58 Å². The van der Waals surface area contributed by atoms with Crippen molar-refractivity contribution in [3.05, 3.63) is 10.6 Å². The summed E-state index contributed by atoms with van der Waals surface area (Å²) in [5.41, 5.74) is 7.64. The van der Waals surface area contributed by atoms with Gasteiger partial charge in [0.05, 0.1) is 16.8 Å². The molecule has 1 fully saturated rings. The number of aromatic nitrogens is 2. The predicted octanol–water partition coefficient (Wildman–Crippen LogP) is 2.25. The van der Waals surface area contributed by atoms with Gasteiger partial charge in [0.15, 0.2) is 0 Å². The van der Waals surface area contributed by atoms with Crippen molar-refractivity contribution < 1.29 is 4.79 Å². The fraction of sp³-hybridized carbons (Fsp3) is 0.571. The van der Waals surface area contributed by atoms with Gasteiger partial charge in [-0.1, -0.05) is 6.92 Å². The second-order valence-corrected chi connectivity index (χ2v) is 6.89. The standard InChI is InChI=1S/C14H20N4OS/c1-7-5-9(7)6-17(3)13(19)12-11(15)10-8(2)16-18(4)14(10)20-12/h7,9H,5-6,15H2,1-4H3. The number of nitrogens with zero attached hydrogens (tertiary/aromatic N) is 3. The Morgan fingerprint density at radius 1 is 1.60 bits per heavy atom. The summed E-state index contributed by atoms with van der Waals surface area (Å²) in [5.74, 6) is 1.43. The molecule has 1 aliphatic carbocycles. The molecule has 2 unspecified atom stereocenters. The van der Waals surface area contributed by atoms with Crippen LogP contribution in [-0.4, -0.2) is 34.2 Å². The van der Waals surface area contributed by atoms with Gasteiger partial charge in [-0.15, -0.1) is 11.3 Å². The minimum Gasteiger partial charge on any atom is -0.397 e. The van der Waals surface area contributed by atoms with Crippen LogP contribution in [0.3, 0.4) is 0 Å². The highest BCUT2D eigenvalue weighted by atomic mass is 32.1. The third-order valence-electron chi connectivity index (χ3n) is 4.21. The van der Waals surface area contributed by atoms with Gasteiger partial charge in [0.1, 0.15) is 9.71 Å². The fourth-order valence-electron chi connectivity index (χ4n) is 2.75. The average molecular weight is 292 g/mol. The van der Waals surface area contributed by atoms with Crippen molar-refractivity contribution in [2.75, 3.05) is 19.3 Å². The SMILES string of the molecule is Cc1nn(C)c2sc(C(=O)N(C)CC3CC3C)c(N)c12. The van der Waals surface area contributed by atoms with Crippen LogP contribution in [0.1, 0.15) is 28.7 Å². The van der Waals surface area contributed by atoms with E-state index in [9.17, 15) is 4.79 Å². The molecule has 2 atom stereocenters. The number of nitrogen functional groups attached to an aromatic ring is 1. The minimum absolute atomic E-state index is 0.0298. The van der Waals surface area contributed by atoms with E-state index >= 15 is 0 Å². The second-order valence-electron chi connectivity index (χ2n) is 5.89. The highest BCUT2D eigenvalue weighted by Crippen LogP contribution is 2.39. The molecule has 2 aromatic heterocycles. The third-order valence-corrected chi connectivity index (χ3v) is 5.47. The van der Waals surface area contributed by atoms with Crippen LogP contribution < -0.4 is 5.73 Å². The first-order chi connectivity index (χ1) is 9.40. The van der Waals surface area contributed by atoms with E-state index in [0.29, 0.717) is 16.5 Å². The monoisotopic (exact) mass is 292 g/mol. The number of amides is 1. The summed E-state index contributed by atoms with van der Waals surface area (Å²) in [7, 11) is 3.75. The second kappa shape index (κ2) is 4.48. The number of carbonyl (C=O) groups excluding carboxylic acids is 1. The maximum Gasteiger partial charge on any atom is 0.265 e. The lowest BCUT2D eigenvalue weighted by Crippen LogP contribution is -2.28. The first-order valence-electron chi connectivity index (χ1n) is 6.87. The molecular formula is C14H20N4OS. The van der Waals surface area contributed by atoms with E-state index in [-0.39, 0.29) is 5.91 Å². The molecule has 2 heterocycles. The number of carbonyl (C=O) groups is 1. The molecule has 5 nitrogen and oxygen atoms in total. The lowest BCUT2D eigenvalue weighted by atomic mass is 10.2. The van der Waals surface area contributed by atoms with E-state index < -0.39 is 0 Å². The van der Waals surface area contributed by atoms with Gasteiger partial charge in [-0.3, -0.25) is 9.48 Å². The maximum atomic E-state index is 12.6. The molecule has 6 heteroatoms. The Hall–Kier alpha value is -1.56. The predicted molar refractivity (Wildman–Crippen MR) is 82.0 cm³/mol. The van der Waals surface area contributed by atoms with Crippen molar-refractivity contribution in [3.8, 4) is 0 Å². The first-order valence-corrected chi connectivity index (χ1v) is 7.68. The van der Waals surface area contributed by atoms with E-state index in [4.69, 9.17) is 5.73 Å². The van der Waals surface area contributed by atoms with Crippen molar-refractivity contribution in [2.24, 2.45) is 18.9 Å². The van der Waals surface area contributed by atoms with Crippen LogP contribution in [0.5, 0.6) is 0 Å². The number of hydrogen-bond acceptors (Lipinski definition) is 4. The molecular weight excluding hydrogens is 272 g/mol. The van der Waals surface area contributed by atoms with Crippen LogP contribution >= 0.6 is 11.3 Å². The van der Waals surface area contributed by atoms with Crippen LogP contribution in [0.4, 0.5) is 5.69 Å². The molecule has 1 aliphatic rings. The van der Waals surface area contributed by atoms with Crippen LogP contribution in [0.25, 0.3) is 10.2 Å². The summed E-state index contributed by atoms with van der Waals surface area (Å²) >= 11 is 1.44. The zero-order chi connectivity index (χ0) is 14.6. The average Bonchev–Trinajstić information content (AvgIpc) is 2.83. The Kier molecular flexibility index (Phi) is 3.01. The van der Waals surface area contributed by atoms with E-state index in [0.717, 1.165) is 28.4 Å². The molecule has 0 aromatic carbocycles. The van der Waals surface area contributed by atoms with Crippen LogP contribution in [0.15, 0.2) is 0 Å². The number of anilines is 1. The summed E-state index contributed by atoms with van der Waals surface area (Å²) in [4.78, 5) is 16.0. The van der Waals surface area contributed by atoms with Gasteiger partial charge in [0, 0.05) is 20.6 Å². The van der Waals surface area contributed by atoms with Gasteiger partial charge >= 0.3 is 0 Å². The van der Waals surface area contributed by atoms with Crippen LogP contribution in [0, 0.1) is 18.8 Å². The Morgan fingerprint density at radius 2 is 2.25 bits per heavy atom. The number of aryl methyl sites for hydroxylation is 2. The fourth-order valence-corrected chi connectivity index (χ4v) is 3.93. The van der Waals surface area contributed by atoms with Crippen LogP contribution in [-0.2, 0) is 7.05 Å². The highest BCUT2D eigenvalue weighted by molar-refractivity contribution is 7.21. The lowest BCUT2D eigenvalue weighted by Gasteiger charge is -2.16. The summed E-state index contributed by atoms with van der Waals surface area (Å²) in [6.07, 6.45) is 1.22. The van der Waals surface area contributed by atoms with Gasteiger partial charge in [0.25, 0.3) is 5.91 Å². The van der Waals surface area contributed by atoms with Gasteiger partial charge < -0.3 is 10.6 Å². The molecule has 0 spiro atoms. The quantitative estimate of drug-likeness (QED) is 0.943. The molecule has 108 valence electrons. The van der Waals surface area contributed by atoms with Gasteiger partial charge in [-0.25, -0.2) is 0 Å². The largest absolute Gasteiger partial charge is 0.397 e. The number of hydrogen-bond donors (Lipinski definition) is 1. The Balaban J connectivity index is 1.91. The topological polar surface area (TPSA) is 64.2 Å². The van der Waals surface area contributed by atoms with Crippen molar-refractivity contribution in [1.82, 2.24) is 14.7 Å². The zero-order valence-electron chi connectivity index (χ0n) is 12.3. The Labute approximate surface area is 122 Å². The molecule has 1 saturated carbocycles. The minimum atomic E-state index is 0.0298. The summed E-state index contributed by atoms with van der Waals surface area (Å²) in [5, 5.41) is 5.27. The summed E-state index contributed by atoms with van der Waals surface area (Å²) < 4.78 is 1.80. The van der Waals surface area contributed by atoms with Gasteiger partial charge in [0.2, 0.25) is 0 Å². The normalized spacial score (nSPS) is 21.4. The van der Waals surface area contributed by atoms with Crippen molar-refractivity contribution in [2.45, 2.75) is 20.3 Å². The number of thiophene rings is 1. The molecule has 0 saturated heterocycles. The molecule has 3 rings (SSSR count). The van der Waals surface area contributed by atoms with E-state index in [1.165, 1.54) is 17.8 Å². The zero-order valence-corrected chi connectivity index (χ0v) is 13.1. The molecule has 0 aliphatic heterocycles. The summed E-state index contributed by atoms with van der Waals surface area (Å²) in [6.45, 7) is 4.98. The maximum absolute atomic E-state index is 12.6. The molecule has 2 aromatic rings. The van der Waals surface area contributed by atoms with Crippen molar-refractivity contribution in [3.63, 3.8) is 0 Å². The number of rotatable bonds is 3. The molecule has 0 bridgehead atoms. The van der Waals surface area contributed by atoms with Crippen LogP contribution in [0.2, 0.25) is 0 Å². The highest BCUT2D eigenvalue weighted by Gasteiger charge is 2.35. The Bertz CT molecular complexity index is 687. The van der Waals surface area contributed by atoms with E-state index in [2.05, 4.69) is 12.0 Å². The summed E-state index contributed by atoms with van der Waals surface area (Å²) in [6, 6.07) is 0. The van der Waals surface area contributed by atoms with Gasteiger partial charge in [-0.2, -0.15) is 5.10 Å².